The quantitative estimate of drug-likeness (QED) is 0.191. The molecule has 0 radical (unpaired) electrons. The van der Waals surface area contributed by atoms with Gasteiger partial charge >= 0.3 is 5.97 Å². The van der Waals surface area contributed by atoms with Crippen molar-refractivity contribution in [3.05, 3.63) is 88.1 Å². The van der Waals surface area contributed by atoms with E-state index in [9.17, 15) is 14.4 Å². The fourth-order valence-electron chi connectivity index (χ4n) is 4.11. The Morgan fingerprint density at radius 3 is 2.42 bits per heavy atom. The Morgan fingerprint density at radius 2 is 1.83 bits per heavy atom. The van der Waals surface area contributed by atoms with Crippen molar-refractivity contribution in [2.24, 2.45) is 0 Å². The molecule has 8 nitrogen and oxygen atoms in total. The Hall–Kier alpha value is -3.15. The summed E-state index contributed by atoms with van der Waals surface area (Å²) in [5.41, 5.74) is 2.69. The Labute approximate surface area is 220 Å². The molecule has 1 saturated heterocycles. The smallest absolute Gasteiger partial charge is 0.356 e. The van der Waals surface area contributed by atoms with Crippen LogP contribution in [-0.4, -0.2) is 56.3 Å². The lowest BCUT2D eigenvalue weighted by molar-refractivity contribution is -0.154. The van der Waals surface area contributed by atoms with E-state index in [2.05, 4.69) is 15.5 Å². The number of aromatic nitrogens is 2. The molecule has 2 aromatic carbocycles. The zero-order valence-corrected chi connectivity index (χ0v) is 21.6. The summed E-state index contributed by atoms with van der Waals surface area (Å²) in [4.78, 5) is 39.2. The molecular weight excluding hydrogens is 517 g/mol. The van der Waals surface area contributed by atoms with Crippen LogP contribution in [0.2, 0.25) is 0 Å². The number of carbonyl (C=O) groups is 3. The number of benzene rings is 2. The van der Waals surface area contributed by atoms with E-state index in [1.165, 1.54) is 39.8 Å². The average Bonchev–Trinajstić information content (AvgIpc) is 3.34. The lowest BCUT2D eigenvalue weighted by Crippen LogP contribution is -2.69. The van der Waals surface area contributed by atoms with Crippen molar-refractivity contribution < 1.29 is 19.1 Å². The molecule has 2 amide bonds. The Kier molecular flexibility index (Phi) is 7.40. The lowest BCUT2D eigenvalue weighted by atomic mass is 10.0. The van der Waals surface area contributed by atoms with Gasteiger partial charge in [0.25, 0.3) is 5.91 Å². The van der Waals surface area contributed by atoms with Gasteiger partial charge < -0.3 is 10.1 Å². The number of rotatable bonds is 9. The molecule has 0 aliphatic carbocycles. The van der Waals surface area contributed by atoms with E-state index in [1.807, 2.05) is 67.6 Å². The number of carbonyl (C=O) groups excluding carboxylic acids is 3. The molecule has 184 valence electrons. The van der Waals surface area contributed by atoms with E-state index in [1.54, 1.807) is 0 Å². The number of nitrogens with one attached hydrogen (secondary N) is 1. The molecule has 0 spiro atoms. The lowest BCUT2D eigenvalue weighted by Gasteiger charge is -2.49. The number of esters is 1. The number of thioether (sulfide) groups is 2. The molecule has 0 bridgehead atoms. The predicted octanol–water partition coefficient (Wildman–Crippen LogP) is 3.56. The van der Waals surface area contributed by atoms with E-state index in [4.69, 9.17) is 4.74 Å². The first kappa shape index (κ1) is 24.5. The van der Waals surface area contributed by atoms with Gasteiger partial charge in [0.1, 0.15) is 22.1 Å². The summed E-state index contributed by atoms with van der Waals surface area (Å²) in [5.74, 6) is 0.106. The average molecular weight is 539 g/mol. The van der Waals surface area contributed by atoms with Crippen LogP contribution in [-0.2, 0) is 19.1 Å². The van der Waals surface area contributed by atoms with Crippen LogP contribution in [0.25, 0.3) is 0 Å². The third-order valence-electron chi connectivity index (χ3n) is 5.80. The van der Waals surface area contributed by atoms with Crippen LogP contribution in [0.4, 0.5) is 0 Å². The maximum absolute atomic E-state index is 13.8. The third-order valence-corrected chi connectivity index (χ3v) is 9.19. The number of β-lactam (4-membered cyclic amide) rings is 1. The largest absolute Gasteiger partial charge is 0.448 e. The maximum atomic E-state index is 13.8. The van der Waals surface area contributed by atoms with Crippen LogP contribution in [0.3, 0.4) is 0 Å². The Balaban J connectivity index is 1.47. The number of ether oxygens (including phenoxy) is 1. The molecule has 1 N–H and O–H groups in total. The predicted molar refractivity (Wildman–Crippen MR) is 139 cm³/mol. The first-order chi connectivity index (χ1) is 17.6. The minimum atomic E-state index is -0.658. The van der Waals surface area contributed by atoms with Gasteiger partial charge in [-0.05, 0) is 23.6 Å². The highest BCUT2D eigenvalue weighted by Gasteiger charge is 2.54. The van der Waals surface area contributed by atoms with Gasteiger partial charge in [-0.25, -0.2) is 4.79 Å². The second-order valence-corrected chi connectivity index (χ2v) is 11.6. The van der Waals surface area contributed by atoms with Crippen molar-refractivity contribution in [2.75, 3.05) is 11.5 Å². The number of hydrogen-bond donors (Lipinski definition) is 1. The van der Waals surface area contributed by atoms with Crippen LogP contribution < -0.4 is 5.32 Å². The maximum Gasteiger partial charge on any atom is 0.356 e. The molecule has 2 atom stereocenters. The van der Waals surface area contributed by atoms with Crippen molar-refractivity contribution in [1.29, 1.82) is 0 Å². The van der Waals surface area contributed by atoms with Gasteiger partial charge in [0.15, 0.2) is 10.4 Å². The molecule has 36 heavy (non-hydrogen) atoms. The standard InChI is InChI=1S/C25H22N4O4S3/c1-15-27-28-25(36-15)35-13-18-12-34-23-19(26-14-30)22(31)29(23)20(18)24(32)33-21(16-8-4-2-5-9-16)17-10-6-3-7-11-17/h2-11,14,19,21,23H,12-13H2,1H3,(H,26,30)/t19-,23+/m1/s1. The van der Waals surface area contributed by atoms with Gasteiger partial charge in [-0.3, -0.25) is 14.5 Å². The van der Waals surface area contributed by atoms with Crippen LogP contribution in [0.1, 0.15) is 22.2 Å². The van der Waals surface area contributed by atoms with Crippen molar-refractivity contribution in [1.82, 2.24) is 20.4 Å². The molecule has 1 aromatic heterocycles. The van der Waals surface area contributed by atoms with Gasteiger partial charge in [0.2, 0.25) is 6.41 Å². The van der Waals surface area contributed by atoms with Crippen LogP contribution in [0.5, 0.6) is 0 Å². The summed E-state index contributed by atoms with van der Waals surface area (Å²) < 4.78 is 6.91. The van der Waals surface area contributed by atoms with Gasteiger partial charge in [0, 0.05) is 11.5 Å². The van der Waals surface area contributed by atoms with E-state index in [-0.39, 0.29) is 17.0 Å². The fraction of sp³-hybridized carbons (Fsp3) is 0.240. The minimum Gasteiger partial charge on any atom is -0.448 e. The third kappa shape index (κ3) is 4.91. The SMILES string of the molecule is Cc1nnc(SCC2=C(C(=O)OC(c3ccccc3)c3ccccc3)N3C(=O)[C@@H](NC=O)[C@@H]3SC2)s1. The van der Waals surface area contributed by atoms with Gasteiger partial charge in [0.05, 0.1) is 0 Å². The van der Waals surface area contributed by atoms with Gasteiger partial charge in [-0.15, -0.1) is 22.0 Å². The van der Waals surface area contributed by atoms with Crippen molar-refractivity contribution in [3.63, 3.8) is 0 Å². The number of aryl methyl sites for hydroxylation is 1. The van der Waals surface area contributed by atoms with E-state index in [0.717, 1.165) is 26.0 Å². The molecule has 5 rings (SSSR count). The summed E-state index contributed by atoms with van der Waals surface area (Å²) in [5, 5.41) is 11.3. The summed E-state index contributed by atoms with van der Waals surface area (Å²) in [6.45, 7) is 1.89. The molecular formula is C25H22N4O4S3. The summed E-state index contributed by atoms with van der Waals surface area (Å²) in [6.07, 6.45) is -0.118. The highest BCUT2D eigenvalue weighted by atomic mass is 32.2. The second kappa shape index (κ2) is 10.9. The molecule has 3 heterocycles. The molecule has 2 aliphatic heterocycles. The summed E-state index contributed by atoms with van der Waals surface area (Å²) in [6, 6.07) is 18.4. The number of amides is 2. The molecule has 11 heteroatoms. The number of fused-ring (bicyclic) bond motifs is 1. The molecule has 0 saturated carbocycles. The molecule has 0 unspecified atom stereocenters. The first-order valence-electron chi connectivity index (χ1n) is 11.2. The van der Waals surface area contributed by atoms with Crippen LogP contribution in [0, 0.1) is 6.92 Å². The molecule has 2 aliphatic rings. The fourth-order valence-corrected chi connectivity index (χ4v) is 7.42. The highest BCUT2D eigenvalue weighted by molar-refractivity contribution is 8.01. The van der Waals surface area contributed by atoms with E-state index >= 15 is 0 Å². The monoisotopic (exact) mass is 538 g/mol. The number of nitrogens with zero attached hydrogens (tertiary/aromatic N) is 3. The topological polar surface area (TPSA) is 101 Å². The highest BCUT2D eigenvalue weighted by Crippen LogP contribution is 2.42. The second-order valence-electron chi connectivity index (χ2n) is 8.11. The number of hydrogen-bond acceptors (Lipinski definition) is 9. The van der Waals surface area contributed by atoms with E-state index < -0.39 is 18.1 Å². The minimum absolute atomic E-state index is 0.248. The Morgan fingerprint density at radius 1 is 1.17 bits per heavy atom. The normalized spacial score (nSPS) is 19.1. The zero-order chi connectivity index (χ0) is 25.1. The van der Waals surface area contributed by atoms with Crippen LogP contribution >= 0.6 is 34.9 Å². The first-order valence-corrected chi connectivity index (χ1v) is 14.0. The summed E-state index contributed by atoms with van der Waals surface area (Å²) >= 11 is 4.47. The molecule has 3 aromatic rings. The zero-order valence-electron chi connectivity index (χ0n) is 19.2. The summed E-state index contributed by atoms with van der Waals surface area (Å²) in [7, 11) is 0. The van der Waals surface area contributed by atoms with Crippen molar-refractivity contribution >= 4 is 53.1 Å². The van der Waals surface area contributed by atoms with Gasteiger partial charge in [-0.2, -0.15) is 0 Å². The van der Waals surface area contributed by atoms with Crippen molar-refractivity contribution in [3.8, 4) is 0 Å². The van der Waals surface area contributed by atoms with Gasteiger partial charge in [-0.1, -0.05) is 83.8 Å². The van der Waals surface area contributed by atoms with E-state index in [0.29, 0.717) is 17.9 Å². The van der Waals surface area contributed by atoms with Crippen LogP contribution in [0.15, 0.2) is 76.3 Å². The van der Waals surface area contributed by atoms with Crippen molar-refractivity contribution in [2.45, 2.75) is 28.8 Å². The Bertz CT molecular complexity index is 1260. The molecule has 1 fully saturated rings.